The molecule has 4 rings (SSSR count). The Morgan fingerprint density at radius 1 is 1.25 bits per heavy atom. The molecule has 0 saturated heterocycles. The molecule has 0 spiro atoms. The number of rotatable bonds is 3. The molecule has 102 valence electrons. The second-order valence-corrected chi connectivity index (χ2v) is 5.56. The zero-order chi connectivity index (χ0) is 13.4. The van der Waals surface area contributed by atoms with Gasteiger partial charge in [0.1, 0.15) is 12.0 Å². The average Bonchev–Trinajstić information content (AvgIpc) is 3.19. The Kier molecular flexibility index (Phi) is 2.76. The smallest absolute Gasteiger partial charge is 0.141 e. The first-order valence-electron chi connectivity index (χ1n) is 7.21. The van der Waals surface area contributed by atoms with Crippen molar-refractivity contribution in [2.24, 2.45) is 5.92 Å². The second-order valence-electron chi connectivity index (χ2n) is 5.56. The third-order valence-electron chi connectivity index (χ3n) is 4.18. The van der Waals surface area contributed by atoms with Crippen molar-refractivity contribution in [2.45, 2.75) is 32.2 Å². The van der Waals surface area contributed by atoms with Gasteiger partial charge >= 0.3 is 0 Å². The van der Waals surface area contributed by atoms with E-state index in [0.717, 1.165) is 34.8 Å². The van der Waals surface area contributed by atoms with Gasteiger partial charge in [-0.2, -0.15) is 5.10 Å². The minimum Gasteiger partial charge on any atom is -0.346 e. The van der Waals surface area contributed by atoms with Crippen LogP contribution in [-0.2, 0) is 6.54 Å². The molecule has 0 aromatic carbocycles. The van der Waals surface area contributed by atoms with Gasteiger partial charge in [0, 0.05) is 29.9 Å². The van der Waals surface area contributed by atoms with Gasteiger partial charge in [0.25, 0.3) is 0 Å². The van der Waals surface area contributed by atoms with Gasteiger partial charge in [-0.05, 0) is 24.8 Å². The lowest BCUT2D eigenvalue weighted by Crippen LogP contribution is -2.07. The van der Waals surface area contributed by atoms with Gasteiger partial charge in [0.05, 0.1) is 11.9 Å². The Bertz CT molecular complexity index is 721. The van der Waals surface area contributed by atoms with Crippen molar-refractivity contribution in [1.29, 1.82) is 0 Å². The maximum Gasteiger partial charge on any atom is 0.141 e. The minimum absolute atomic E-state index is 0.792. The van der Waals surface area contributed by atoms with Gasteiger partial charge < -0.3 is 4.98 Å². The molecule has 1 N–H and O–H groups in total. The fourth-order valence-corrected chi connectivity index (χ4v) is 3.15. The van der Waals surface area contributed by atoms with Crippen LogP contribution in [0.1, 0.15) is 25.7 Å². The lowest BCUT2D eigenvalue weighted by molar-refractivity contribution is 0.429. The number of H-pyrrole nitrogens is 1. The fourth-order valence-electron chi connectivity index (χ4n) is 3.15. The second kappa shape index (κ2) is 4.74. The third-order valence-corrected chi connectivity index (χ3v) is 4.18. The molecule has 0 atom stereocenters. The highest BCUT2D eigenvalue weighted by molar-refractivity contribution is 5.89. The Balaban J connectivity index is 1.65. The molecule has 0 aliphatic heterocycles. The molecule has 3 aromatic rings. The predicted molar refractivity (Wildman–Crippen MR) is 77.1 cm³/mol. The number of aromatic amines is 1. The van der Waals surface area contributed by atoms with Crippen LogP contribution in [0, 0.1) is 5.92 Å². The lowest BCUT2D eigenvalue weighted by Gasteiger charge is -2.07. The van der Waals surface area contributed by atoms with Crippen molar-refractivity contribution < 1.29 is 0 Å². The van der Waals surface area contributed by atoms with Crippen LogP contribution >= 0.6 is 0 Å². The highest BCUT2D eigenvalue weighted by Crippen LogP contribution is 2.27. The molecule has 5 heteroatoms. The zero-order valence-electron chi connectivity index (χ0n) is 11.3. The highest BCUT2D eigenvalue weighted by atomic mass is 15.3. The standard InChI is InChI=1S/C15H17N5/c1-2-4-11(3-1)8-20-9-12(7-19-20)14-13-5-6-16-15(13)18-10-17-14/h5-7,9-11H,1-4,8H2,(H,16,17,18). The highest BCUT2D eigenvalue weighted by Gasteiger charge is 2.16. The van der Waals surface area contributed by atoms with Crippen LogP contribution in [-0.4, -0.2) is 24.7 Å². The summed E-state index contributed by atoms with van der Waals surface area (Å²) in [6.45, 7) is 1.03. The van der Waals surface area contributed by atoms with Crippen LogP contribution in [0.3, 0.4) is 0 Å². The van der Waals surface area contributed by atoms with E-state index in [9.17, 15) is 0 Å². The first kappa shape index (κ1) is 11.6. The van der Waals surface area contributed by atoms with Gasteiger partial charge in [-0.1, -0.05) is 12.8 Å². The molecule has 0 amide bonds. The predicted octanol–water partition coefficient (Wildman–Crippen LogP) is 3.01. The molecule has 0 bridgehead atoms. The van der Waals surface area contributed by atoms with Crippen LogP contribution in [0.15, 0.2) is 31.0 Å². The van der Waals surface area contributed by atoms with E-state index in [-0.39, 0.29) is 0 Å². The van der Waals surface area contributed by atoms with Crippen LogP contribution < -0.4 is 0 Å². The van der Waals surface area contributed by atoms with E-state index in [2.05, 4.69) is 30.9 Å². The van der Waals surface area contributed by atoms with E-state index >= 15 is 0 Å². The summed E-state index contributed by atoms with van der Waals surface area (Å²) in [6, 6.07) is 2.01. The molecule has 0 unspecified atom stereocenters. The Morgan fingerprint density at radius 2 is 2.15 bits per heavy atom. The zero-order valence-corrected chi connectivity index (χ0v) is 11.3. The van der Waals surface area contributed by atoms with Crippen molar-refractivity contribution >= 4 is 11.0 Å². The minimum atomic E-state index is 0.792. The number of hydrogen-bond acceptors (Lipinski definition) is 3. The van der Waals surface area contributed by atoms with Gasteiger partial charge in [0.2, 0.25) is 0 Å². The molecule has 3 aromatic heterocycles. The molecule has 3 heterocycles. The molecular formula is C15H17N5. The molecule has 1 saturated carbocycles. The van der Waals surface area contributed by atoms with Gasteiger partial charge in [-0.15, -0.1) is 0 Å². The van der Waals surface area contributed by atoms with Crippen LogP contribution in [0.5, 0.6) is 0 Å². The summed E-state index contributed by atoms with van der Waals surface area (Å²) in [5.74, 6) is 0.792. The van der Waals surface area contributed by atoms with Gasteiger partial charge in [-0.3, -0.25) is 4.68 Å². The molecule has 1 aliphatic carbocycles. The van der Waals surface area contributed by atoms with E-state index in [4.69, 9.17) is 0 Å². The Labute approximate surface area is 117 Å². The maximum absolute atomic E-state index is 4.49. The van der Waals surface area contributed by atoms with E-state index in [1.165, 1.54) is 25.7 Å². The van der Waals surface area contributed by atoms with Crippen molar-refractivity contribution in [3.05, 3.63) is 31.0 Å². The fraction of sp³-hybridized carbons (Fsp3) is 0.400. The number of nitrogens with zero attached hydrogens (tertiary/aromatic N) is 4. The molecule has 1 aliphatic rings. The molecule has 20 heavy (non-hydrogen) atoms. The summed E-state index contributed by atoms with van der Waals surface area (Å²) in [6.07, 6.45) is 12.9. The quantitative estimate of drug-likeness (QED) is 0.793. The van der Waals surface area contributed by atoms with Gasteiger partial charge in [-0.25, -0.2) is 9.97 Å². The lowest BCUT2D eigenvalue weighted by atomic mass is 10.1. The van der Waals surface area contributed by atoms with E-state index < -0.39 is 0 Å². The molecule has 1 fully saturated rings. The van der Waals surface area contributed by atoms with Crippen LogP contribution in [0.2, 0.25) is 0 Å². The van der Waals surface area contributed by atoms with Gasteiger partial charge in [0.15, 0.2) is 0 Å². The molecule has 0 radical (unpaired) electrons. The summed E-state index contributed by atoms with van der Waals surface area (Å²) in [5.41, 5.74) is 2.89. The number of fused-ring (bicyclic) bond motifs is 1. The number of hydrogen-bond donors (Lipinski definition) is 1. The first-order valence-corrected chi connectivity index (χ1v) is 7.21. The largest absolute Gasteiger partial charge is 0.346 e. The summed E-state index contributed by atoms with van der Waals surface area (Å²) in [7, 11) is 0. The number of nitrogens with one attached hydrogen (secondary N) is 1. The van der Waals surface area contributed by atoms with Crippen LogP contribution in [0.4, 0.5) is 0 Å². The summed E-state index contributed by atoms with van der Waals surface area (Å²) in [5, 5.41) is 5.54. The average molecular weight is 267 g/mol. The van der Waals surface area contributed by atoms with Crippen molar-refractivity contribution in [2.75, 3.05) is 0 Å². The summed E-state index contributed by atoms with van der Waals surface area (Å²) in [4.78, 5) is 11.8. The van der Waals surface area contributed by atoms with Crippen molar-refractivity contribution in [3.8, 4) is 11.3 Å². The third kappa shape index (κ3) is 1.99. The maximum atomic E-state index is 4.49. The normalized spacial score (nSPS) is 16.2. The summed E-state index contributed by atoms with van der Waals surface area (Å²) >= 11 is 0. The van der Waals surface area contributed by atoms with Crippen LogP contribution in [0.25, 0.3) is 22.3 Å². The Morgan fingerprint density at radius 3 is 3.05 bits per heavy atom. The van der Waals surface area contributed by atoms with E-state index in [1.807, 2.05) is 18.5 Å². The molecule has 5 nitrogen and oxygen atoms in total. The van der Waals surface area contributed by atoms with Crippen molar-refractivity contribution in [1.82, 2.24) is 24.7 Å². The Hall–Kier alpha value is -2.17. The number of aromatic nitrogens is 5. The van der Waals surface area contributed by atoms with E-state index in [0.29, 0.717) is 0 Å². The molecular weight excluding hydrogens is 250 g/mol. The first-order chi connectivity index (χ1) is 9.90. The topological polar surface area (TPSA) is 59.4 Å². The SMILES string of the molecule is c1nc(-c2cnn(CC3CCCC3)c2)c2cc[nH]c2n1. The monoisotopic (exact) mass is 267 g/mol. The van der Waals surface area contributed by atoms with Crippen molar-refractivity contribution in [3.63, 3.8) is 0 Å². The van der Waals surface area contributed by atoms with E-state index in [1.54, 1.807) is 6.33 Å². The summed E-state index contributed by atoms with van der Waals surface area (Å²) < 4.78 is 2.06.